The summed E-state index contributed by atoms with van der Waals surface area (Å²) in [6.07, 6.45) is -6.83. The minimum absolute atomic E-state index is 0.00194. The second-order valence-electron chi connectivity index (χ2n) is 3.16. The van der Waals surface area contributed by atoms with Gasteiger partial charge >= 0.3 is 12.1 Å². The van der Waals surface area contributed by atoms with Crippen LogP contribution in [0.4, 0.5) is 18.9 Å². The van der Waals surface area contributed by atoms with Crippen molar-refractivity contribution in [3.63, 3.8) is 0 Å². The molecule has 0 heterocycles. The number of rotatable bonds is 2. The SMILES string of the molecule is Nc1c(C(F)(F)F)ccc(Br)c1C(O)C(=O)O. The first-order chi connectivity index (χ1) is 7.66. The molecule has 1 aromatic carbocycles. The Kier molecular flexibility index (Phi) is 3.68. The maximum atomic E-state index is 12.5. The third-order valence-corrected chi connectivity index (χ3v) is 2.74. The molecule has 0 fully saturated rings. The van der Waals surface area contributed by atoms with E-state index in [1.807, 2.05) is 0 Å². The van der Waals surface area contributed by atoms with Gasteiger partial charge in [0.05, 0.1) is 11.3 Å². The van der Waals surface area contributed by atoms with Gasteiger partial charge in [-0.2, -0.15) is 13.2 Å². The largest absolute Gasteiger partial charge is 0.479 e. The number of carboxylic acid groups (broad SMARTS) is 1. The highest BCUT2D eigenvalue weighted by Gasteiger charge is 2.36. The number of nitrogens with two attached hydrogens (primary N) is 1. The molecule has 0 radical (unpaired) electrons. The number of carbonyl (C=O) groups is 1. The van der Waals surface area contributed by atoms with E-state index in [1.54, 1.807) is 0 Å². The second-order valence-corrected chi connectivity index (χ2v) is 4.02. The van der Waals surface area contributed by atoms with Crippen LogP contribution in [0.5, 0.6) is 0 Å². The minimum Gasteiger partial charge on any atom is -0.479 e. The average Bonchev–Trinajstić information content (AvgIpc) is 2.14. The Morgan fingerprint density at radius 2 is 1.94 bits per heavy atom. The van der Waals surface area contributed by atoms with Gasteiger partial charge in [0.2, 0.25) is 0 Å². The minimum atomic E-state index is -4.71. The Labute approximate surface area is 102 Å². The Morgan fingerprint density at radius 3 is 2.35 bits per heavy atom. The van der Waals surface area contributed by atoms with E-state index in [9.17, 15) is 23.1 Å². The van der Waals surface area contributed by atoms with Crippen molar-refractivity contribution in [3.8, 4) is 0 Å². The van der Waals surface area contributed by atoms with Crippen LogP contribution < -0.4 is 5.73 Å². The lowest BCUT2D eigenvalue weighted by molar-refractivity contribution is -0.147. The van der Waals surface area contributed by atoms with Crippen LogP contribution in [0, 0.1) is 0 Å². The summed E-state index contributed by atoms with van der Waals surface area (Å²) >= 11 is 2.85. The Bertz CT molecular complexity index is 462. The highest BCUT2D eigenvalue weighted by atomic mass is 79.9. The maximum absolute atomic E-state index is 12.5. The van der Waals surface area contributed by atoms with Gasteiger partial charge in [-0.1, -0.05) is 15.9 Å². The van der Waals surface area contributed by atoms with Gasteiger partial charge in [0.1, 0.15) is 0 Å². The van der Waals surface area contributed by atoms with E-state index in [-0.39, 0.29) is 4.47 Å². The van der Waals surface area contributed by atoms with E-state index < -0.39 is 35.1 Å². The van der Waals surface area contributed by atoms with Crippen molar-refractivity contribution in [3.05, 3.63) is 27.7 Å². The Balaban J connectivity index is 3.45. The monoisotopic (exact) mass is 313 g/mol. The molecule has 1 aromatic rings. The van der Waals surface area contributed by atoms with Crippen LogP contribution in [0.25, 0.3) is 0 Å². The first kappa shape index (κ1) is 13.8. The number of nitrogen functional groups attached to an aromatic ring is 1. The van der Waals surface area contributed by atoms with E-state index >= 15 is 0 Å². The summed E-state index contributed by atoms with van der Waals surface area (Å²) in [6, 6.07) is 1.69. The second kappa shape index (κ2) is 4.53. The van der Waals surface area contributed by atoms with Crippen molar-refractivity contribution >= 4 is 27.6 Å². The zero-order chi connectivity index (χ0) is 13.4. The highest BCUT2D eigenvalue weighted by Crippen LogP contribution is 2.39. The standard InChI is InChI=1S/C9H7BrF3NO3/c10-4-2-1-3(9(11,12)13)6(14)5(4)7(15)8(16)17/h1-2,7,15H,14H2,(H,16,17). The molecule has 0 aliphatic carbocycles. The van der Waals surface area contributed by atoms with Crippen molar-refractivity contribution in [2.24, 2.45) is 0 Å². The number of anilines is 1. The smallest absolute Gasteiger partial charge is 0.418 e. The predicted molar refractivity (Wildman–Crippen MR) is 56.2 cm³/mol. The van der Waals surface area contributed by atoms with Crippen molar-refractivity contribution in [2.45, 2.75) is 12.3 Å². The van der Waals surface area contributed by atoms with Crippen molar-refractivity contribution in [2.75, 3.05) is 5.73 Å². The molecule has 0 saturated carbocycles. The zero-order valence-electron chi connectivity index (χ0n) is 8.12. The fraction of sp³-hybridized carbons (Fsp3) is 0.222. The van der Waals surface area contributed by atoms with Crippen LogP contribution in [0.1, 0.15) is 17.2 Å². The normalized spacial score (nSPS) is 13.5. The topological polar surface area (TPSA) is 83.5 Å². The molecule has 1 unspecified atom stereocenters. The molecule has 94 valence electrons. The van der Waals surface area contributed by atoms with E-state index in [4.69, 9.17) is 10.8 Å². The van der Waals surface area contributed by atoms with E-state index in [1.165, 1.54) is 0 Å². The number of aliphatic hydroxyl groups excluding tert-OH is 1. The average molecular weight is 314 g/mol. The first-order valence-electron chi connectivity index (χ1n) is 4.22. The molecule has 4 N–H and O–H groups in total. The van der Waals surface area contributed by atoms with Crippen LogP contribution in [-0.2, 0) is 11.0 Å². The molecule has 0 amide bonds. The third kappa shape index (κ3) is 2.70. The van der Waals surface area contributed by atoms with Crippen molar-refractivity contribution in [1.29, 1.82) is 0 Å². The quantitative estimate of drug-likeness (QED) is 0.731. The molecule has 0 bridgehead atoms. The molecule has 0 spiro atoms. The van der Waals surface area contributed by atoms with Gasteiger partial charge in [0, 0.05) is 10.0 Å². The number of benzene rings is 1. The van der Waals surface area contributed by atoms with Crippen molar-refractivity contribution < 1.29 is 28.2 Å². The molecule has 1 rings (SSSR count). The summed E-state index contributed by atoms with van der Waals surface area (Å²) < 4.78 is 37.5. The van der Waals surface area contributed by atoms with Gasteiger partial charge in [-0.05, 0) is 12.1 Å². The lowest BCUT2D eigenvalue weighted by Gasteiger charge is -2.16. The van der Waals surface area contributed by atoms with Crippen LogP contribution in [0.15, 0.2) is 16.6 Å². The Hall–Kier alpha value is -1.28. The number of hydrogen-bond acceptors (Lipinski definition) is 3. The number of hydrogen-bond donors (Lipinski definition) is 3. The first-order valence-corrected chi connectivity index (χ1v) is 5.01. The molecular weight excluding hydrogens is 307 g/mol. The molecule has 0 aliphatic rings. The summed E-state index contributed by atoms with van der Waals surface area (Å²) in [5.41, 5.74) is 2.74. The summed E-state index contributed by atoms with van der Waals surface area (Å²) in [6.45, 7) is 0. The summed E-state index contributed by atoms with van der Waals surface area (Å²) in [7, 11) is 0. The zero-order valence-corrected chi connectivity index (χ0v) is 9.71. The Morgan fingerprint density at radius 1 is 1.41 bits per heavy atom. The summed E-state index contributed by atoms with van der Waals surface area (Å²) in [4.78, 5) is 10.6. The van der Waals surface area contributed by atoms with Gasteiger partial charge in [0.25, 0.3) is 0 Å². The molecule has 0 aromatic heterocycles. The van der Waals surface area contributed by atoms with Crippen LogP contribution >= 0.6 is 15.9 Å². The lowest BCUT2D eigenvalue weighted by atomic mass is 10.0. The lowest BCUT2D eigenvalue weighted by Crippen LogP contribution is -2.17. The van der Waals surface area contributed by atoms with E-state index in [0.29, 0.717) is 6.07 Å². The van der Waals surface area contributed by atoms with Crippen molar-refractivity contribution in [1.82, 2.24) is 0 Å². The van der Waals surface area contributed by atoms with Gasteiger partial charge in [-0.25, -0.2) is 4.79 Å². The molecule has 0 saturated heterocycles. The molecule has 17 heavy (non-hydrogen) atoms. The van der Waals surface area contributed by atoms with Crippen LogP contribution in [0.2, 0.25) is 0 Å². The van der Waals surface area contributed by atoms with Crippen LogP contribution in [0.3, 0.4) is 0 Å². The predicted octanol–water partition coefficient (Wildman–Crippen LogP) is 2.17. The fourth-order valence-electron chi connectivity index (χ4n) is 1.26. The number of aliphatic hydroxyl groups is 1. The third-order valence-electron chi connectivity index (χ3n) is 2.05. The summed E-state index contributed by atoms with van der Waals surface area (Å²) in [5, 5.41) is 17.8. The van der Waals surface area contributed by atoms with Gasteiger partial charge in [-0.3, -0.25) is 0 Å². The number of alkyl halides is 3. The van der Waals surface area contributed by atoms with Gasteiger partial charge in [0.15, 0.2) is 6.10 Å². The van der Waals surface area contributed by atoms with Crippen LogP contribution in [-0.4, -0.2) is 16.2 Å². The molecule has 1 atom stereocenters. The molecule has 8 heteroatoms. The summed E-state index contributed by atoms with van der Waals surface area (Å²) in [5.74, 6) is -1.68. The van der Waals surface area contributed by atoms with E-state index in [2.05, 4.69) is 15.9 Å². The number of aliphatic carboxylic acids is 1. The molecule has 4 nitrogen and oxygen atoms in total. The molecule has 0 aliphatic heterocycles. The van der Waals surface area contributed by atoms with Gasteiger partial charge in [-0.15, -0.1) is 0 Å². The highest BCUT2D eigenvalue weighted by molar-refractivity contribution is 9.10. The fourth-order valence-corrected chi connectivity index (χ4v) is 1.82. The van der Waals surface area contributed by atoms with Gasteiger partial charge < -0.3 is 15.9 Å². The maximum Gasteiger partial charge on any atom is 0.418 e. The van der Waals surface area contributed by atoms with E-state index in [0.717, 1.165) is 6.07 Å². The number of halogens is 4. The number of carboxylic acids is 1. The molecular formula is C9H7BrF3NO3.